The largest absolute Gasteiger partial charge is 0.370 e. The number of hydrogen-bond acceptors (Lipinski definition) is 2. The van der Waals surface area contributed by atoms with Gasteiger partial charge in [-0.3, -0.25) is 0 Å². The summed E-state index contributed by atoms with van der Waals surface area (Å²) in [6, 6.07) is 11.7. The number of rotatable bonds is 4. The van der Waals surface area contributed by atoms with Crippen molar-refractivity contribution in [3.05, 3.63) is 64.5 Å². The Kier molecular flexibility index (Phi) is 4.63. The van der Waals surface area contributed by atoms with Gasteiger partial charge in [0.2, 0.25) is 0 Å². The van der Waals surface area contributed by atoms with Gasteiger partial charge in [0.15, 0.2) is 0 Å². The van der Waals surface area contributed by atoms with Crippen LogP contribution in [0.5, 0.6) is 0 Å². The van der Waals surface area contributed by atoms with Gasteiger partial charge in [0.25, 0.3) is 0 Å². The number of halogens is 1. The number of anilines is 1. The third-order valence-electron chi connectivity index (χ3n) is 3.75. The van der Waals surface area contributed by atoms with E-state index in [0.717, 1.165) is 17.8 Å². The second kappa shape index (κ2) is 6.27. The van der Waals surface area contributed by atoms with Gasteiger partial charge >= 0.3 is 0 Å². The van der Waals surface area contributed by atoms with Crippen molar-refractivity contribution in [2.24, 2.45) is 5.73 Å². The maximum atomic E-state index is 13.8. The Morgan fingerprint density at radius 2 is 1.76 bits per heavy atom. The monoisotopic (exact) mass is 286 g/mol. The summed E-state index contributed by atoms with van der Waals surface area (Å²) in [5.74, 6) is -0.199. The molecule has 0 fully saturated rings. The minimum atomic E-state index is -0.199. The van der Waals surface area contributed by atoms with Gasteiger partial charge in [-0.25, -0.2) is 4.39 Å². The van der Waals surface area contributed by atoms with Crippen LogP contribution in [0.3, 0.4) is 0 Å². The van der Waals surface area contributed by atoms with Crippen LogP contribution >= 0.6 is 0 Å². The molecule has 2 rings (SSSR count). The van der Waals surface area contributed by atoms with Crippen LogP contribution in [0, 0.1) is 19.7 Å². The molecule has 0 aromatic heterocycles. The predicted octanol–water partition coefficient (Wildman–Crippen LogP) is 4.10. The van der Waals surface area contributed by atoms with Crippen molar-refractivity contribution in [3.8, 4) is 0 Å². The molecule has 0 aliphatic heterocycles. The molecule has 0 aliphatic rings. The summed E-state index contributed by atoms with van der Waals surface area (Å²) >= 11 is 0. The fourth-order valence-corrected chi connectivity index (χ4v) is 2.43. The number of nitrogens with zero attached hydrogens (tertiary/aromatic N) is 1. The molecule has 0 unspecified atom stereocenters. The van der Waals surface area contributed by atoms with Crippen molar-refractivity contribution in [2.75, 3.05) is 11.9 Å². The Balaban J connectivity index is 2.31. The maximum Gasteiger partial charge on any atom is 0.126 e. The molecule has 0 amide bonds. The normalized spacial score (nSPS) is 12.3. The van der Waals surface area contributed by atoms with Crippen LogP contribution in [0.2, 0.25) is 0 Å². The van der Waals surface area contributed by atoms with E-state index in [1.54, 1.807) is 13.0 Å². The first-order valence-corrected chi connectivity index (χ1v) is 7.21. The second-order valence-electron chi connectivity index (χ2n) is 5.79. The third-order valence-corrected chi connectivity index (χ3v) is 3.75. The molecular formula is C18H23FN2. The van der Waals surface area contributed by atoms with Crippen molar-refractivity contribution >= 4 is 5.69 Å². The minimum Gasteiger partial charge on any atom is -0.370 e. The Hall–Kier alpha value is -1.87. The van der Waals surface area contributed by atoms with E-state index in [-0.39, 0.29) is 11.9 Å². The lowest BCUT2D eigenvalue weighted by Gasteiger charge is -2.25. The summed E-state index contributed by atoms with van der Waals surface area (Å²) in [5, 5.41) is 0. The lowest BCUT2D eigenvalue weighted by Crippen LogP contribution is -2.20. The topological polar surface area (TPSA) is 29.3 Å². The van der Waals surface area contributed by atoms with E-state index in [4.69, 9.17) is 5.73 Å². The highest BCUT2D eigenvalue weighted by atomic mass is 19.1. The van der Waals surface area contributed by atoms with Crippen LogP contribution in [-0.2, 0) is 6.54 Å². The van der Waals surface area contributed by atoms with E-state index < -0.39 is 0 Å². The van der Waals surface area contributed by atoms with E-state index in [2.05, 4.69) is 36.1 Å². The van der Waals surface area contributed by atoms with Crippen molar-refractivity contribution < 1.29 is 4.39 Å². The average Bonchev–Trinajstić information content (AvgIpc) is 2.43. The van der Waals surface area contributed by atoms with Crippen molar-refractivity contribution in [3.63, 3.8) is 0 Å². The third kappa shape index (κ3) is 3.61. The summed E-state index contributed by atoms with van der Waals surface area (Å²) in [6.45, 7) is 6.51. The molecule has 2 nitrogen and oxygen atoms in total. The van der Waals surface area contributed by atoms with Crippen LogP contribution in [0.1, 0.15) is 35.2 Å². The Morgan fingerprint density at radius 1 is 1.14 bits per heavy atom. The molecule has 3 heteroatoms. The number of aryl methyl sites for hydroxylation is 2. The van der Waals surface area contributed by atoms with E-state index in [1.807, 2.05) is 20.0 Å². The molecule has 0 radical (unpaired) electrons. The molecule has 0 saturated heterocycles. The SMILES string of the molecule is Cc1ccc(CN(C)c2cc(C)c(F)cc2[C@@H](C)N)cc1. The Bertz CT molecular complexity index is 618. The fourth-order valence-electron chi connectivity index (χ4n) is 2.43. The van der Waals surface area contributed by atoms with Gasteiger partial charge in [0.05, 0.1) is 0 Å². The molecular weight excluding hydrogens is 263 g/mol. The van der Waals surface area contributed by atoms with Gasteiger partial charge in [-0.15, -0.1) is 0 Å². The molecule has 1 atom stereocenters. The number of hydrogen-bond donors (Lipinski definition) is 1. The quantitative estimate of drug-likeness (QED) is 0.917. The van der Waals surface area contributed by atoms with Crippen LogP contribution < -0.4 is 10.6 Å². The van der Waals surface area contributed by atoms with E-state index in [1.165, 1.54) is 11.1 Å². The molecule has 0 spiro atoms. The summed E-state index contributed by atoms with van der Waals surface area (Å²) in [6.07, 6.45) is 0. The molecule has 2 aromatic carbocycles. The Morgan fingerprint density at radius 3 is 2.33 bits per heavy atom. The molecule has 0 aliphatic carbocycles. The molecule has 2 aromatic rings. The highest BCUT2D eigenvalue weighted by Crippen LogP contribution is 2.28. The van der Waals surface area contributed by atoms with Gasteiger partial charge in [-0.1, -0.05) is 29.8 Å². The van der Waals surface area contributed by atoms with Crippen LogP contribution in [0.25, 0.3) is 0 Å². The minimum absolute atomic E-state index is 0.199. The molecule has 0 heterocycles. The van der Waals surface area contributed by atoms with Gasteiger partial charge in [0.1, 0.15) is 5.82 Å². The molecule has 0 saturated carbocycles. The van der Waals surface area contributed by atoms with Gasteiger partial charge in [0, 0.05) is 25.3 Å². The Labute approximate surface area is 126 Å². The zero-order valence-electron chi connectivity index (χ0n) is 13.2. The lowest BCUT2D eigenvalue weighted by molar-refractivity contribution is 0.612. The first kappa shape index (κ1) is 15.5. The number of benzene rings is 2. The number of nitrogens with two attached hydrogens (primary N) is 1. The molecule has 0 bridgehead atoms. The summed E-state index contributed by atoms with van der Waals surface area (Å²) in [7, 11) is 2.01. The van der Waals surface area contributed by atoms with Gasteiger partial charge in [-0.05, 0) is 49.6 Å². The first-order chi connectivity index (χ1) is 9.88. The average molecular weight is 286 g/mol. The zero-order chi connectivity index (χ0) is 15.6. The molecule has 2 N–H and O–H groups in total. The van der Waals surface area contributed by atoms with Crippen LogP contribution in [0.15, 0.2) is 36.4 Å². The zero-order valence-corrected chi connectivity index (χ0v) is 13.2. The lowest BCUT2D eigenvalue weighted by atomic mass is 10.0. The van der Waals surface area contributed by atoms with Crippen molar-refractivity contribution in [1.29, 1.82) is 0 Å². The molecule has 21 heavy (non-hydrogen) atoms. The summed E-state index contributed by atoms with van der Waals surface area (Å²) in [5.41, 5.74) is 10.9. The van der Waals surface area contributed by atoms with E-state index >= 15 is 0 Å². The summed E-state index contributed by atoms with van der Waals surface area (Å²) in [4.78, 5) is 2.12. The molecule has 112 valence electrons. The van der Waals surface area contributed by atoms with Crippen molar-refractivity contribution in [2.45, 2.75) is 33.4 Å². The van der Waals surface area contributed by atoms with Gasteiger partial charge < -0.3 is 10.6 Å². The van der Waals surface area contributed by atoms with E-state index in [9.17, 15) is 4.39 Å². The van der Waals surface area contributed by atoms with Crippen LogP contribution in [0.4, 0.5) is 10.1 Å². The van der Waals surface area contributed by atoms with Crippen LogP contribution in [-0.4, -0.2) is 7.05 Å². The summed E-state index contributed by atoms with van der Waals surface area (Å²) < 4.78 is 13.8. The standard InChI is InChI=1S/C18H23FN2/c1-12-5-7-15(8-6-12)11-21(4)18-9-13(2)17(19)10-16(18)14(3)20/h5-10,14H,11,20H2,1-4H3/t14-/m1/s1. The fraction of sp³-hybridized carbons (Fsp3) is 0.333. The van der Waals surface area contributed by atoms with Gasteiger partial charge in [-0.2, -0.15) is 0 Å². The highest BCUT2D eigenvalue weighted by Gasteiger charge is 2.14. The smallest absolute Gasteiger partial charge is 0.126 e. The first-order valence-electron chi connectivity index (χ1n) is 7.21. The highest BCUT2D eigenvalue weighted by molar-refractivity contribution is 5.57. The second-order valence-corrected chi connectivity index (χ2v) is 5.79. The predicted molar refractivity (Wildman–Crippen MR) is 87.0 cm³/mol. The van der Waals surface area contributed by atoms with Crippen molar-refractivity contribution in [1.82, 2.24) is 0 Å². The van der Waals surface area contributed by atoms with E-state index in [0.29, 0.717) is 5.56 Å². The maximum absolute atomic E-state index is 13.8.